The van der Waals surface area contributed by atoms with Gasteiger partial charge < -0.3 is 4.74 Å². The van der Waals surface area contributed by atoms with Crippen molar-refractivity contribution in [3.05, 3.63) is 11.3 Å². The fourth-order valence-corrected chi connectivity index (χ4v) is 4.65. The van der Waals surface area contributed by atoms with Gasteiger partial charge in [0.2, 0.25) is 0 Å². The number of carbonyl (C=O) groups excluding carboxylic acids is 1. The van der Waals surface area contributed by atoms with Crippen LogP contribution in [0.4, 0.5) is 19.4 Å². The lowest BCUT2D eigenvalue weighted by molar-refractivity contribution is -0.142. The molecular weight excluding hydrogens is 352 g/mol. The Balaban J connectivity index is 1.46. The Morgan fingerprint density at radius 1 is 1.19 bits per heavy atom. The van der Waals surface area contributed by atoms with Crippen LogP contribution in [0.2, 0.25) is 0 Å². The Morgan fingerprint density at radius 3 is 2.48 bits per heavy atom. The van der Waals surface area contributed by atoms with E-state index in [1.807, 2.05) is 7.05 Å². The maximum absolute atomic E-state index is 13.0. The van der Waals surface area contributed by atoms with Gasteiger partial charge in [0.1, 0.15) is 11.9 Å². The highest BCUT2D eigenvalue weighted by Crippen LogP contribution is 2.43. The second kappa shape index (κ2) is 7.40. The van der Waals surface area contributed by atoms with E-state index in [2.05, 4.69) is 5.32 Å². The molecule has 1 heterocycles. The number of carbonyl (C=O) groups is 1. The predicted octanol–water partition coefficient (Wildman–Crippen LogP) is 5.16. The van der Waals surface area contributed by atoms with Gasteiger partial charge in [-0.1, -0.05) is 38.5 Å². The number of alkyl halides is 2. The van der Waals surface area contributed by atoms with Crippen molar-refractivity contribution < 1.29 is 18.3 Å². The molecule has 5 nitrogen and oxygen atoms in total. The van der Waals surface area contributed by atoms with Crippen LogP contribution in [0.1, 0.15) is 81.4 Å². The smallest absolute Gasteiger partial charge is 0.413 e. The molecule has 4 rings (SSSR count). The van der Waals surface area contributed by atoms with Crippen molar-refractivity contribution in [1.29, 1.82) is 0 Å². The quantitative estimate of drug-likeness (QED) is 0.767. The standard InChI is InChI=1S/C20H29F2N3O2/c1-25-18(23-19(26)27-15-11-20(21,22)12-15)17(14-8-5-9-14)16(24-25)10-13-6-3-2-4-7-13/h13-15H,2-12H2,1H3,(H,23,26). The molecule has 3 saturated carbocycles. The van der Waals surface area contributed by atoms with Gasteiger partial charge in [-0.3, -0.25) is 10.00 Å². The van der Waals surface area contributed by atoms with E-state index in [0.717, 1.165) is 30.5 Å². The van der Waals surface area contributed by atoms with E-state index in [9.17, 15) is 13.6 Å². The zero-order valence-electron chi connectivity index (χ0n) is 16.0. The van der Waals surface area contributed by atoms with Gasteiger partial charge in [-0.15, -0.1) is 0 Å². The second-order valence-electron chi connectivity index (χ2n) is 8.59. The molecular formula is C20H29F2N3O2. The van der Waals surface area contributed by atoms with Crippen molar-refractivity contribution in [1.82, 2.24) is 9.78 Å². The summed E-state index contributed by atoms with van der Waals surface area (Å²) in [6.07, 6.45) is 8.70. The summed E-state index contributed by atoms with van der Waals surface area (Å²) < 4.78 is 32.8. The summed E-state index contributed by atoms with van der Waals surface area (Å²) in [7, 11) is 1.83. The van der Waals surface area contributed by atoms with Gasteiger partial charge in [0.05, 0.1) is 5.69 Å². The van der Waals surface area contributed by atoms with E-state index < -0.39 is 18.1 Å². The van der Waals surface area contributed by atoms with Crippen molar-refractivity contribution in [2.45, 2.75) is 88.6 Å². The van der Waals surface area contributed by atoms with Gasteiger partial charge in [-0.05, 0) is 31.1 Å². The van der Waals surface area contributed by atoms with E-state index in [1.165, 1.54) is 38.5 Å². The molecule has 27 heavy (non-hydrogen) atoms. The Hall–Kier alpha value is -1.66. The third kappa shape index (κ3) is 4.11. The molecule has 3 aliphatic carbocycles. The van der Waals surface area contributed by atoms with Gasteiger partial charge in [0.25, 0.3) is 5.92 Å². The average molecular weight is 381 g/mol. The minimum absolute atomic E-state index is 0.381. The number of aromatic nitrogens is 2. The minimum Gasteiger partial charge on any atom is -0.445 e. The van der Waals surface area contributed by atoms with Crippen molar-refractivity contribution >= 4 is 11.9 Å². The lowest BCUT2D eigenvalue weighted by atomic mass is 9.77. The monoisotopic (exact) mass is 381 g/mol. The summed E-state index contributed by atoms with van der Waals surface area (Å²) >= 11 is 0. The van der Waals surface area contributed by atoms with Crippen LogP contribution < -0.4 is 5.32 Å². The zero-order chi connectivity index (χ0) is 19.0. The van der Waals surface area contributed by atoms with Crippen LogP contribution in [0.15, 0.2) is 0 Å². The molecule has 1 aromatic heterocycles. The van der Waals surface area contributed by atoms with Crippen molar-refractivity contribution in [2.75, 3.05) is 5.32 Å². The molecule has 0 spiro atoms. The van der Waals surface area contributed by atoms with Crippen LogP contribution in [0.5, 0.6) is 0 Å². The Morgan fingerprint density at radius 2 is 1.89 bits per heavy atom. The topological polar surface area (TPSA) is 56.2 Å². The Bertz CT molecular complexity index is 686. The molecule has 3 fully saturated rings. The number of hydrogen-bond acceptors (Lipinski definition) is 3. The van der Waals surface area contributed by atoms with Gasteiger partial charge in [0, 0.05) is 25.5 Å². The number of nitrogens with zero attached hydrogens (tertiary/aromatic N) is 2. The highest BCUT2D eigenvalue weighted by molar-refractivity contribution is 5.85. The fraction of sp³-hybridized carbons (Fsp3) is 0.800. The number of hydrogen-bond donors (Lipinski definition) is 1. The summed E-state index contributed by atoms with van der Waals surface area (Å²) in [4.78, 5) is 12.2. The molecule has 1 N–H and O–H groups in total. The number of halogens is 2. The van der Waals surface area contributed by atoms with Crippen molar-refractivity contribution in [3.8, 4) is 0 Å². The minimum atomic E-state index is -2.69. The normalized spacial score (nSPS) is 23.5. The number of ether oxygens (including phenoxy) is 1. The second-order valence-corrected chi connectivity index (χ2v) is 8.59. The summed E-state index contributed by atoms with van der Waals surface area (Å²) in [6.45, 7) is 0. The van der Waals surface area contributed by atoms with E-state index in [4.69, 9.17) is 9.84 Å². The molecule has 3 aliphatic rings. The number of aryl methyl sites for hydroxylation is 1. The molecule has 0 saturated heterocycles. The molecule has 0 radical (unpaired) electrons. The first-order chi connectivity index (χ1) is 12.9. The van der Waals surface area contributed by atoms with E-state index in [1.54, 1.807) is 4.68 Å². The molecule has 0 atom stereocenters. The number of anilines is 1. The first-order valence-electron chi connectivity index (χ1n) is 10.3. The van der Waals surface area contributed by atoms with Gasteiger partial charge in [0.15, 0.2) is 0 Å². The van der Waals surface area contributed by atoms with Crippen molar-refractivity contribution in [2.24, 2.45) is 13.0 Å². The van der Waals surface area contributed by atoms with Crippen LogP contribution in [0, 0.1) is 5.92 Å². The van der Waals surface area contributed by atoms with Crippen LogP contribution in [0.25, 0.3) is 0 Å². The summed E-state index contributed by atoms with van der Waals surface area (Å²) in [6, 6.07) is 0. The molecule has 150 valence electrons. The van der Waals surface area contributed by atoms with Crippen LogP contribution in [-0.2, 0) is 18.2 Å². The van der Waals surface area contributed by atoms with Gasteiger partial charge >= 0.3 is 6.09 Å². The molecule has 0 aliphatic heterocycles. The predicted molar refractivity (Wildman–Crippen MR) is 98.2 cm³/mol. The SMILES string of the molecule is Cn1nc(CC2CCCCC2)c(C2CCC2)c1NC(=O)OC1CC(F)(F)C1. The fourth-order valence-electron chi connectivity index (χ4n) is 4.65. The molecule has 0 bridgehead atoms. The Kier molecular flexibility index (Phi) is 5.12. The molecule has 0 aromatic carbocycles. The summed E-state index contributed by atoms with van der Waals surface area (Å²) in [5, 5.41) is 7.53. The third-order valence-electron chi connectivity index (χ3n) is 6.43. The Labute approximate surface area is 158 Å². The maximum Gasteiger partial charge on any atom is 0.413 e. The summed E-state index contributed by atoms with van der Waals surface area (Å²) in [5.41, 5.74) is 2.24. The van der Waals surface area contributed by atoms with Gasteiger partial charge in [-0.25, -0.2) is 13.6 Å². The summed E-state index contributed by atoms with van der Waals surface area (Å²) in [5.74, 6) is -0.909. The first-order valence-corrected chi connectivity index (χ1v) is 10.3. The number of nitrogens with one attached hydrogen (secondary N) is 1. The number of amides is 1. The number of rotatable bonds is 5. The third-order valence-corrected chi connectivity index (χ3v) is 6.43. The van der Waals surface area contributed by atoms with Crippen LogP contribution in [-0.4, -0.2) is 27.9 Å². The highest BCUT2D eigenvalue weighted by atomic mass is 19.3. The lowest BCUT2D eigenvalue weighted by Gasteiger charge is -2.34. The molecule has 0 unspecified atom stereocenters. The van der Waals surface area contributed by atoms with Crippen molar-refractivity contribution in [3.63, 3.8) is 0 Å². The van der Waals surface area contributed by atoms with Crippen LogP contribution >= 0.6 is 0 Å². The largest absolute Gasteiger partial charge is 0.445 e. The molecule has 1 aromatic rings. The van der Waals surface area contributed by atoms with Gasteiger partial charge in [-0.2, -0.15) is 5.10 Å². The zero-order valence-corrected chi connectivity index (χ0v) is 16.0. The van der Waals surface area contributed by atoms with E-state index in [-0.39, 0.29) is 12.8 Å². The van der Waals surface area contributed by atoms with Crippen LogP contribution in [0.3, 0.4) is 0 Å². The molecule has 7 heteroatoms. The average Bonchev–Trinajstić information content (AvgIpc) is 2.81. The first kappa shape index (κ1) is 18.7. The molecule has 1 amide bonds. The lowest BCUT2D eigenvalue weighted by Crippen LogP contribution is -2.43. The van der Waals surface area contributed by atoms with E-state index >= 15 is 0 Å². The highest BCUT2D eigenvalue weighted by Gasteiger charge is 2.47. The maximum atomic E-state index is 13.0. The van der Waals surface area contributed by atoms with E-state index in [0.29, 0.717) is 17.7 Å².